The Kier molecular flexibility index (Phi) is 2.68. The van der Waals surface area contributed by atoms with Gasteiger partial charge in [-0.05, 0) is 25.3 Å². The van der Waals surface area contributed by atoms with Gasteiger partial charge >= 0.3 is 0 Å². The van der Waals surface area contributed by atoms with Crippen LogP contribution in [0.25, 0.3) is 28.0 Å². The number of oxazole rings is 1. The smallest absolute Gasteiger partial charge is 0.256 e. The van der Waals surface area contributed by atoms with Crippen molar-refractivity contribution in [2.24, 2.45) is 0 Å². The summed E-state index contributed by atoms with van der Waals surface area (Å²) in [7, 11) is 0. The first-order valence-corrected chi connectivity index (χ1v) is 7.58. The van der Waals surface area contributed by atoms with Crippen molar-refractivity contribution in [3.63, 3.8) is 0 Å². The molecule has 0 aliphatic heterocycles. The van der Waals surface area contributed by atoms with Crippen LogP contribution >= 0.6 is 11.8 Å². The maximum atomic E-state index is 5.66. The van der Waals surface area contributed by atoms with Crippen LogP contribution in [-0.4, -0.2) is 30.8 Å². The molecule has 0 atom stereocenters. The standard InChI is InChI=1S/C14H11N5OS/c1-8-10(3-4-11-12(8)18-14(20-11)21-2)19-7-17-9-5-15-6-16-13(9)19/h3-7H,1-2H3. The van der Waals surface area contributed by atoms with Gasteiger partial charge in [0.25, 0.3) is 5.22 Å². The molecule has 1 aromatic carbocycles. The normalized spacial score (nSPS) is 11.5. The molecule has 0 N–H and O–H groups in total. The average Bonchev–Trinajstić information content (AvgIpc) is 3.12. The van der Waals surface area contributed by atoms with Crippen LogP contribution in [0.4, 0.5) is 0 Å². The lowest BCUT2D eigenvalue weighted by Gasteiger charge is -2.07. The van der Waals surface area contributed by atoms with Gasteiger partial charge in [0.2, 0.25) is 0 Å². The molecule has 0 fully saturated rings. The van der Waals surface area contributed by atoms with Crippen molar-refractivity contribution in [1.82, 2.24) is 24.5 Å². The fourth-order valence-corrected chi connectivity index (χ4v) is 2.74. The van der Waals surface area contributed by atoms with Gasteiger partial charge < -0.3 is 4.42 Å². The van der Waals surface area contributed by atoms with Crippen LogP contribution in [0.3, 0.4) is 0 Å². The molecule has 21 heavy (non-hydrogen) atoms. The highest BCUT2D eigenvalue weighted by molar-refractivity contribution is 7.98. The second kappa shape index (κ2) is 4.56. The quantitative estimate of drug-likeness (QED) is 0.530. The van der Waals surface area contributed by atoms with E-state index >= 15 is 0 Å². The molecule has 0 saturated carbocycles. The molecule has 6 nitrogen and oxygen atoms in total. The van der Waals surface area contributed by atoms with Gasteiger partial charge in [0.1, 0.15) is 23.7 Å². The van der Waals surface area contributed by atoms with Crippen LogP contribution in [0.2, 0.25) is 0 Å². The minimum atomic E-state index is 0.670. The Morgan fingerprint density at radius 2 is 2.14 bits per heavy atom. The highest BCUT2D eigenvalue weighted by atomic mass is 32.2. The van der Waals surface area contributed by atoms with Crippen molar-refractivity contribution in [1.29, 1.82) is 0 Å². The third-order valence-electron chi connectivity index (χ3n) is 3.41. The van der Waals surface area contributed by atoms with Crippen LogP contribution in [0, 0.1) is 6.92 Å². The molecule has 0 aliphatic rings. The van der Waals surface area contributed by atoms with Crippen LogP contribution in [-0.2, 0) is 0 Å². The number of rotatable bonds is 2. The molecule has 0 amide bonds. The predicted octanol–water partition coefficient (Wildman–Crippen LogP) is 2.99. The first kappa shape index (κ1) is 12.3. The summed E-state index contributed by atoms with van der Waals surface area (Å²) in [5.41, 5.74) is 5.23. The van der Waals surface area contributed by atoms with Crippen LogP contribution in [0.15, 0.2) is 40.6 Å². The number of fused-ring (bicyclic) bond motifs is 2. The Bertz CT molecular complexity index is 958. The van der Waals surface area contributed by atoms with Crippen molar-refractivity contribution in [2.75, 3.05) is 6.26 Å². The van der Waals surface area contributed by atoms with Gasteiger partial charge in [-0.1, -0.05) is 11.8 Å². The SMILES string of the molecule is CSc1nc2c(C)c(-n3cnc4cncnc43)ccc2o1. The Balaban J connectivity index is 2.00. The highest BCUT2D eigenvalue weighted by Crippen LogP contribution is 2.28. The number of imidazole rings is 1. The highest BCUT2D eigenvalue weighted by Gasteiger charge is 2.14. The summed E-state index contributed by atoms with van der Waals surface area (Å²) in [6, 6.07) is 3.92. The number of benzene rings is 1. The second-order valence-electron chi connectivity index (χ2n) is 4.59. The van der Waals surface area contributed by atoms with Crippen molar-refractivity contribution >= 4 is 34.0 Å². The number of aromatic nitrogens is 5. The van der Waals surface area contributed by atoms with Crippen LogP contribution in [0.1, 0.15) is 5.56 Å². The van der Waals surface area contributed by atoms with E-state index in [1.807, 2.05) is 29.9 Å². The lowest BCUT2D eigenvalue weighted by molar-refractivity contribution is 0.490. The topological polar surface area (TPSA) is 69.6 Å². The summed E-state index contributed by atoms with van der Waals surface area (Å²) in [5, 5.41) is 0.670. The van der Waals surface area contributed by atoms with E-state index in [0.29, 0.717) is 5.22 Å². The molecular weight excluding hydrogens is 286 g/mol. The van der Waals surface area contributed by atoms with E-state index in [-0.39, 0.29) is 0 Å². The fraction of sp³-hybridized carbons (Fsp3) is 0.143. The van der Waals surface area contributed by atoms with Crippen LogP contribution in [0.5, 0.6) is 0 Å². The second-order valence-corrected chi connectivity index (χ2v) is 5.34. The molecule has 7 heteroatoms. The summed E-state index contributed by atoms with van der Waals surface area (Å²) >= 11 is 1.49. The van der Waals surface area contributed by atoms with Gasteiger partial charge in [0.05, 0.1) is 11.9 Å². The summed E-state index contributed by atoms with van der Waals surface area (Å²) in [5.74, 6) is 0. The molecule has 0 saturated heterocycles. The lowest BCUT2D eigenvalue weighted by Crippen LogP contribution is -1.97. The Labute approximate surface area is 124 Å². The molecule has 0 radical (unpaired) electrons. The molecule has 3 heterocycles. The molecule has 3 aromatic heterocycles. The molecule has 4 aromatic rings. The van der Waals surface area contributed by atoms with Crippen molar-refractivity contribution in [3.05, 3.63) is 36.5 Å². The average molecular weight is 297 g/mol. The third-order valence-corrected chi connectivity index (χ3v) is 3.94. The van der Waals surface area contributed by atoms with Crippen LogP contribution < -0.4 is 0 Å². The first-order valence-electron chi connectivity index (χ1n) is 6.35. The van der Waals surface area contributed by atoms with Crippen molar-refractivity contribution < 1.29 is 4.42 Å². The summed E-state index contributed by atoms with van der Waals surface area (Å²) in [6.07, 6.45) is 6.93. The van der Waals surface area contributed by atoms with Crippen molar-refractivity contribution in [2.45, 2.75) is 12.1 Å². The zero-order valence-corrected chi connectivity index (χ0v) is 12.3. The van der Waals surface area contributed by atoms with E-state index in [9.17, 15) is 0 Å². The maximum Gasteiger partial charge on any atom is 0.256 e. The minimum Gasteiger partial charge on any atom is -0.431 e. The van der Waals surface area contributed by atoms with Gasteiger partial charge in [-0.25, -0.2) is 19.9 Å². The first-order chi connectivity index (χ1) is 10.3. The number of nitrogens with zero attached hydrogens (tertiary/aromatic N) is 5. The van der Waals surface area contributed by atoms with E-state index in [1.54, 1.807) is 12.5 Å². The summed E-state index contributed by atoms with van der Waals surface area (Å²) < 4.78 is 7.60. The maximum absolute atomic E-state index is 5.66. The lowest BCUT2D eigenvalue weighted by atomic mass is 10.1. The van der Waals surface area contributed by atoms with E-state index < -0.39 is 0 Å². The molecule has 4 rings (SSSR count). The molecule has 104 valence electrons. The molecule has 0 aliphatic carbocycles. The third kappa shape index (κ3) is 1.81. The van der Waals surface area contributed by atoms with Crippen molar-refractivity contribution in [3.8, 4) is 5.69 Å². The molecule has 0 spiro atoms. The van der Waals surface area contributed by atoms with E-state index in [4.69, 9.17) is 4.42 Å². The van der Waals surface area contributed by atoms with Gasteiger partial charge in [0.15, 0.2) is 11.2 Å². The number of aryl methyl sites for hydroxylation is 1. The molecule has 0 unspecified atom stereocenters. The number of thioether (sulfide) groups is 1. The van der Waals surface area contributed by atoms with E-state index in [2.05, 4.69) is 19.9 Å². The fourth-order valence-electron chi connectivity index (χ4n) is 2.39. The van der Waals surface area contributed by atoms with Gasteiger partial charge in [-0.15, -0.1) is 0 Å². The molecule has 0 bridgehead atoms. The van der Waals surface area contributed by atoms with E-state index in [0.717, 1.165) is 33.5 Å². The number of hydrogen-bond acceptors (Lipinski definition) is 6. The number of hydrogen-bond donors (Lipinski definition) is 0. The zero-order chi connectivity index (χ0) is 14.4. The Hall–Kier alpha value is -2.41. The van der Waals surface area contributed by atoms with Gasteiger partial charge in [-0.2, -0.15) is 0 Å². The zero-order valence-electron chi connectivity index (χ0n) is 11.4. The summed E-state index contributed by atoms with van der Waals surface area (Å²) in [6.45, 7) is 2.03. The van der Waals surface area contributed by atoms with Gasteiger partial charge in [0, 0.05) is 5.56 Å². The Morgan fingerprint density at radius 1 is 1.24 bits per heavy atom. The predicted molar refractivity (Wildman–Crippen MR) is 80.7 cm³/mol. The largest absolute Gasteiger partial charge is 0.431 e. The Morgan fingerprint density at radius 3 is 3.00 bits per heavy atom. The summed E-state index contributed by atoms with van der Waals surface area (Å²) in [4.78, 5) is 17.1. The minimum absolute atomic E-state index is 0.670. The van der Waals surface area contributed by atoms with Gasteiger partial charge in [-0.3, -0.25) is 4.57 Å². The molecular formula is C14H11N5OS. The van der Waals surface area contributed by atoms with E-state index in [1.165, 1.54) is 18.1 Å². The monoisotopic (exact) mass is 297 g/mol.